The van der Waals surface area contributed by atoms with Crippen molar-refractivity contribution < 1.29 is 18.0 Å². The van der Waals surface area contributed by atoms with E-state index in [0.717, 1.165) is 25.9 Å². The third-order valence-electron chi connectivity index (χ3n) is 3.62. The van der Waals surface area contributed by atoms with Gasteiger partial charge in [-0.1, -0.05) is 13.8 Å². The second-order valence-corrected chi connectivity index (χ2v) is 7.51. The highest BCUT2D eigenvalue weighted by molar-refractivity contribution is 7.90. The molecule has 0 aromatic carbocycles. The van der Waals surface area contributed by atoms with Crippen molar-refractivity contribution in [2.75, 3.05) is 25.4 Å². The molecular weight excluding hydrogens is 280 g/mol. The molecule has 0 atom stereocenters. The van der Waals surface area contributed by atoms with Gasteiger partial charge in [-0.25, -0.2) is 8.42 Å². The quantitative estimate of drug-likeness (QED) is 0.767. The Labute approximate surface area is 121 Å². The number of nitrogens with zero attached hydrogens (tertiary/aromatic N) is 1. The number of nitrogens with one attached hydrogen (secondary N) is 1. The van der Waals surface area contributed by atoms with E-state index >= 15 is 0 Å². The largest absolute Gasteiger partial charge is 0.302 e. The zero-order valence-electron chi connectivity index (χ0n) is 12.4. The third-order valence-corrected chi connectivity index (χ3v) is 4.85. The fraction of sp³-hybridized carbons (Fsp3) is 0.846. The molecule has 1 saturated heterocycles. The maximum Gasteiger partial charge on any atom is 0.236 e. The van der Waals surface area contributed by atoms with Gasteiger partial charge < -0.3 is 4.90 Å². The summed E-state index contributed by atoms with van der Waals surface area (Å²) in [7, 11) is -3.56. The number of amides is 1. The smallest absolute Gasteiger partial charge is 0.236 e. The molecule has 0 radical (unpaired) electrons. The van der Waals surface area contributed by atoms with Gasteiger partial charge in [0.2, 0.25) is 15.9 Å². The van der Waals surface area contributed by atoms with E-state index in [0.29, 0.717) is 6.54 Å². The van der Waals surface area contributed by atoms with E-state index in [2.05, 4.69) is 4.72 Å². The molecule has 1 fully saturated rings. The summed E-state index contributed by atoms with van der Waals surface area (Å²) in [6.07, 6.45) is 1.57. The highest BCUT2D eigenvalue weighted by Crippen LogP contribution is 2.17. The van der Waals surface area contributed by atoms with E-state index in [9.17, 15) is 18.0 Å². The van der Waals surface area contributed by atoms with Gasteiger partial charge in [0.05, 0.1) is 5.75 Å². The Balaban J connectivity index is 2.37. The first kappa shape index (κ1) is 17.1. The van der Waals surface area contributed by atoms with Gasteiger partial charge in [-0.15, -0.1) is 0 Å². The maximum absolute atomic E-state index is 11.7. The number of ketones is 1. The van der Waals surface area contributed by atoms with Crippen LogP contribution in [-0.4, -0.2) is 50.4 Å². The Morgan fingerprint density at radius 3 is 2.25 bits per heavy atom. The first-order valence-electron chi connectivity index (χ1n) is 6.98. The van der Waals surface area contributed by atoms with Crippen molar-refractivity contribution in [3.05, 3.63) is 0 Å². The van der Waals surface area contributed by atoms with E-state index in [1.54, 1.807) is 20.8 Å². The van der Waals surface area contributed by atoms with Crippen LogP contribution in [0.2, 0.25) is 0 Å². The van der Waals surface area contributed by atoms with Crippen molar-refractivity contribution in [3.8, 4) is 0 Å². The topological polar surface area (TPSA) is 83.6 Å². The van der Waals surface area contributed by atoms with Gasteiger partial charge in [0, 0.05) is 18.4 Å². The van der Waals surface area contributed by atoms with Crippen LogP contribution >= 0.6 is 0 Å². The Bertz CT molecular complexity index is 451. The van der Waals surface area contributed by atoms with Gasteiger partial charge in [0.25, 0.3) is 0 Å². The lowest BCUT2D eigenvalue weighted by Crippen LogP contribution is -2.42. The third kappa shape index (κ3) is 5.58. The van der Waals surface area contributed by atoms with Crippen LogP contribution in [0, 0.1) is 11.8 Å². The van der Waals surface area contributed by atoms with Gasteiger partial charge >= 0.3 is 0 Å². The average Bonchev–Trinajstić information content (AvgIpc) is 2.36. The van der Waals surface area contributed by atoms with Crippen LogP contribution in [0.4, 0.5) is 0 Å². The molecule has 0 unspecified atom stereocenters. The molecule has 116 valence electrons. The summed E-state index contributed by atoms with van der Waals surface area (Å²) in [6.45, 7) is 6.77. The van der Waals surface area contributed by atoms with Gasteiger partial charge in [0.15, 0.2) is 0 Å². The van der Waals surface area contributed by atoms with E-state index in [4.69, 9.17) is 0 Å². The van der Waals surface area contributed by atoms with Crippen molar-refractivity contribution >= 4 is 21.7 Å². The van der Waals surface area contributed by atoms with E-state index in [1.807, 2.05) is 4.90 Å². The number of rotatable bonds is 6. The molecule has 0 spiro atoms. The zero-order valence-corrected chi connectivity index (χ0v) is 13.2. The number of sulfonamides is 1. The first-order valence-corrected chi connectivity index (χ1v) is 8.63. The van der Waals surface area contributed by atoms with Gasteiger partial charge in [-0.2, -0.15) is 0 Å². The Morgan fingerprint density at radius 2 is 1.80 bits per heavy atom. The molecule has 0 aromatic rings. The molecule has 7 heteroatoms. The van der Waals surface area contributed by atoms with E-state index < -0.39 is 15.9 Å². The maximum atomic E-state index is 11.7. The highest BCUT2D eigenvalue weighted by Gasteiger charge is 2.24. The Hall–Kier alpha value is -0.950. The SMILES string of the molecule is CC(=O)C1CCN(CCS(=O)(=O)NC(=O)C(C)C)CC1. The Kier molecular flexibility index (Phi) is 6.13. The lowest BCUT2D eigenvalue weighted by Gasteiger charge is -2.30. The minimum absolute atomic E-state index is 0.0871. The van der Waals surface area contributed by atoms with Crippen molar-refractivity contribution in [3.63, 3.8) is 0 Å². The molecule has 1 rings (SSSR count). The molecule has 1 N–H and O–H groups in total. The molecule has 20 heavy (non-hydrogen) atoms. The molecule has 0 saturated carbocycles. The van der Waals surface area contributed by atoms with E-state index in [-0.39, 0.29) is 23.4 Å². The van der Waals surface area contributed by atoms with Crippen LogP contribution in [0.25, 0.3) is 0 Å². The summed E-state index contributed by atoms with van der Waals surface area (Å²) in [5.74, 6) is -0.586. The number of hydrogen-bond donors (Lipinski definition) is 1. The van der Waals surface area contributed by atoms with Crippen LogP contribution in [0.1, 0.15) is 33.6 Å². The minimum Gasteiger partial charge on any atom is -0.302 e. The van der Waals surface area contributed by atoms with Crippen LogP contribution in [0.3, 0.4) is 0 Å². The number of hydrogen-bond acceptors (Lipinski definition) is 5. The summed E-state index contributed by atoms with van der Waals surface area (Å²) < 4.78 is 25.6. The number of carbonyl (C=O) groups excluding carboxylic acids is 2. The monoisotopic (exact) mass is 304 g/mol. The predicted octanol–water partition coefficient (Wildman–Crippen LogP) is 0.389. The van der Waals surface area contributed by atoms with E-state index in [1.165, 1.54) is 0 Å². The Morgan fingerprint density at radius 1 is 1.25 bits per heavy atom. The second-order valence-electron chi connectivity index (χ2n) is 5.67. The molecular formula is C13H24N2O4S. The molecule has 0 aromatic heterocycles. The van der Waals surface area contributed by atoms with Gasteiger partial charge in [-0.3, -0.25) is 14.3 Å². The van der Waals surface area contributed by atoms with Crippen molar-refractivity contribution in [2.45, 2.75) is 33.6 Å². The van der Waals surface area contributed by atoms with Gasteiger partial charge in [-0.05, 0) is 32.9 Å². The molecule has 1 amide bonds. The normalized spacial score (nSPS) is 18.2. The highest BCUT2D eigenvalue weighted by atomic mass is 32.2. The fourth-order valence-corrected chi connectivity index (χ4v) is 3.28. The number of likely N-dealkylation sites (tertiary alicyclic amines) is 1. The average molecular weight is 304 g/mol. The van der Waals surface area contributed by atoms with Crippen molar-refractivity contribution in [1.82, 2.24) is 9.62 Å². The van der Waals surface area contributed by atoms with Crippen LogP contribution in [0.15, 0.2) is 0 Å². The number of Topliss-reactive ketones (excluding diaryl/α,β-unsaturated/α-hetero) is 1. The zero-order chi connectivity index (χ0) is 15.3. The first-order chi connectivity index (χ1) is 9.21. The summed E-state index contributed by atoms with van der Waals surface area (Å²) in [4.78, 5) is 24.7. The summed E-state index contributed by atoms with van der Waals surface area (Å²) in [6, 6.07) is 0. The molecule has 1 heterocycles. The lowest BCUT2D eigenvalue weighted by molar-refractivity contribution is -0.123. The lowest BCUT2D eigenvalue weighted by atomic mass is 9.93. The predicted molar refractivity (Wildman–Crippen MR) is 76.6 cm³/mol. The summed E-state index contributed by atoms with van der Waals surface area (Å²) in [5, 5.41) is 0. The van der Waals surface area contributed by atoms with Gasteiger partial charge in [0.1, 0.15) is 5.78 Å². The molecule has 6 nitrogen and oxygen atoms in total. The molecule has 1 aliphatic heterocycles. The standard InChI is InChI=1S/C13H24N2O4S/c1-10(2)13(17)14-20(18,19)9-8-15-6-4-12(5-7-15)11(3)16/h10,12H,4-9H2,1-3H3,(H,14,17). The van der Waals surface area contributed by atoms with Crippen LogP contribution in [-0.2, 0) is 19.6 Å². The second kappa shape index (κ2) is 7.17. The van der Waals surface area contributed by atoms with Crippen LogP contribution < -0.4 is 4.72 Å². The molecule has 0 aliphatic carbocycles. The minimum atomic E-state index is -3.56. The number of piperidine rings is 1. The van der Waals surface area contributed by atoms with Crippen molar-refractivity contribution in [2.24, 2.45) is 11.8 Å². The van der Waals surface area contributed by atoms with Crippen LogP contribution in [0.5, 0.6) is 0 Å². The summed E-state index contributed by atoms with van der Waals surface area (Å²) in [5.41, 5.74) is 0. The molecule has 0 bridgehead atoms. The fourth-order valence-electron chi connectivity index (χ4n) is 2.13. The van der Waals surface area contributed by atoms with Crippen molar-refractivity contribution in [1.29, 1.82) is 0 Å². The number of carbonyl (C=O) groups is 2. The summed E-state index contributed by atoms with van der Waals surface area (Å²) >= 11 is 0. The molecule has 1 aliphatic rings.